The first-order valence-electron chi connectivity index (χ1n) is 13.9. The molecule has 0 spiro atoms. The smallest absolute Gasteiger partial charge is 0.168 e. The van der Waals surface area contributed by atoms with Gasteiger partial charge in [0.2, 0.25) is 0 Å². The van der Waals surface area contributed by atoms with Crippen LogP contribution in [0.3, 0.4) is 0 Å². The third kappa shape index (κ3) is 4.07. The summed E-state index contributed by atoms with van der Waals surface area (Å²) in [6.45, 7) is 0. The number of hydrogen-bond acceptors (Lipinski definition) is 4. The lowest BCUT2D eigenvalue weighted by atomic mass is 9.75. The summed E-state index contributed by atoms with van der Waals surface area (Å²) >= 11 is 3.72. The Morgan fingerprint density at radius 2 is 0.788 bits per heavy atom. The predicted molar refractivity (Wildman–Crippen MR) is 139 cm³/mol. The minimum atomic E-state index is 0.212. The molecule has 0 N–H and O–H groups in total. The van der Waals surface area contributed by atoms with Crippen LogP contribution in [0.5, 0.6) is 0 Å². The van der Waals surface area contributed by atoms with E-state index in [4.69, 9.17) is 0 Å². The van der Waals surface area contributed by atoms with Crippen LogP contribution < -0.4 is 0 Å². The lowest BCUT2D eigenvalue weighted by molar-refractivity contribution is 0.0877. The summed E-state index contributed by atoms with van der Waals surface area (Å²) in [5.41, 5.74) is 2.14. The molecule has 4 unspecified atom stereocenters. The maximum absolute atomic E-state index is 13.8. The number of ketones is 2. The number of Topliss-reactive ketones (excluding diaryl/α,β-unsaturated/α-hetero) is 2. The largest absolute Gasteiger partial charge is 0.294 e. The number of carbonyl (C=O) groups is 2. The number of rotatable bonds is 0. The monoisotopic (exact) mass is 482 g/mol. The van der Waals surface area contributed by atoms with E-state index in [9.17, 15) is 9.59 Å². The molecule has 6 rings (SSSR count). The van der Waals surface area contributed by atoms with Gasteiger partial charge in [-0.1, -0.05) is 70.6 Å². The molecule has 4 aliphatic rings. The fourth-order valence-electron chi connectivity index (χ4n) is 7.33. The molecule has 0 aromatic carbocycles. The van der Waals surface area contributed by atoms with Gasteiger partial charge in [-0.2, -0.15) is 0 Å². The van der Waals surface area contributed by atoms with Crippen LogP contribution in [0.1, 0.15) is 151 Å². The fraction of sp³-hybridized carbons (Fsp3) is 0.724. The lowest BCUT2D eigenvalue weighted by Gasteiger charge is -2.29. The van der Waals surface area contributed by atoms with E-state index >= 15 is 0 Å². The minimum absolute atomic E-state index is 0.212. The first-order valence-corrected chi connectivity index (χ1v) is 15.5. The zero-order valence-corrected chi connectivity index (χ0v) is 21.6. The van der Waals surface area contributed by atoms with Crippen molar-refractivity contribution in [3.8, 4) is 0 Å². The van der Waals surface area contributed by atoms with Crippen LogP contribution in [0.25, 0.3) is 9.40 Å². The van der Waals surface area contributed by atoms with Gasteiger partial charge >= 0.3 is 0 Å². The maximum Gasteiger partial charge on any atom is 0.168 e. The predicted octanol–water partition coefficient (Wildman–Crippen LogP) is 9.41. The molecule has 0 aliphatic heterocycles. The molecule has 33 heavy (non-hydrogen) atoms. The molecular weight excluding hydrogens is 444 g/mol. The summed E-state index contributed by atoms with van der Waals surface area (Å²) < 4.78 is 2.42. The number of hydrogen-bond donors (Lipinski definition) is 0. The Hall–Kier alpha value is -1.00. The minimum Gasteiger partial charge on any atom is -0.294 e. The Morgan fingerprint density at radius 3 is 1.18 bits per heavy atom. The molecule has 2 nitrogen and oxygen atoms in total. The van der Waals surface area contributed by atoms with E-state index in [0.29, 0.717) is 23.4 Å². The average Bonchev–Trinajstić information content (AvgIpc) is 3.37. The zero-order valence-electron chi connectivity index (χ0n) is 20.0. The van der Waals surface area contributed by atoms with Crippen LogP contribution in [0.4, 0.5) is 0 Å². The molecule has 2 aromatic rings. The van der Waals surface area contributed by atoms with Gasteiger partial charge in [0, 0.05) is 32.7 Å². The van der Waals surface area contributed by atoms with Crippen molar-refractivity contribution < 1.29 is 9.59 Å². The molecule has 2 heterocycles. The Labute approximate surface area is 206 Å². The SMILES string of the molecule is O=C1c2c(sc3c4c(sc23)C2CCCCCCC(C2)C4=O)C2CCCCCCCCCC1C2. The van der Waals surface area contributed by atoms with Crippen LogP contribution >= 0.6 is 22.7 Å². The molecule has 2 fully saturated rings. The molecule has 0 radical (unpaired) electrons. The highest BCUT2D eigenvalue weighted by Gasteiger charge is 2.42. The third-order valence-corrected chi connectivity index (χ3v) is 12.0. The van der Waals surface area contributed by atoms with Crippen molar-refractivity contribution in [1.29, 1.82) is 0 Å². The highest BCUT2D eigenvalue weighted by atomic mass is 32.1. The van der Waals surface area contributed by atoms with Crippen molar-refractivity contribution in [1.82, 2.24) is 0 Å². The van der Waals surface area contributed by atoms with Crippen molar-refractivity contribution >= 4 is 43.6 Å². The first-order chi connectivity index (χ1) is 16.2. The second-order valence-electron chi connectivity index (χ2n) is 11.4. The second kappa shape index (κ2) is 9.57. The van der Waals surface area contributed by atoms with Gasteiger partial charge in [0.25, 0.3) is 0 Å². The Morgan fingerprint density at radius 1 is 0.455 bits per heavy atom. The summed E-state index contributed by atoms with van der Waals surface area (Å²) in [7, 11) is 0. The molecule has 0 saturated heterocycles. The van der Waals surface area contributed by atoms with Crippen LogP contribution in [-0.2, 0) is 0 Å². The Kier molecular flexibility index (Phi) is 6.51. The number of carbonyl (C=O) groups excluding carboxylic acids is 2. The van der Waals surface area contributed by atoms with Crippen LogP contribution in [0.15, 0.2) is 0 Å². The fourth-order valence-corrected chi connectivity index (χ4v) is 10.5. The van der Waals surface area contributed by atoms with Gasteiger partial charge in [-0.25, -0.2) is 0 Å². The van der Waals surface area contributed by atoms with E-state index in [1.807, 2.05) is 22.7 Å². The van der Waals surface area contributed by atoms with Crippen LogP contribution in [0, 0.1) is 11.8 Å². The Bertz CT molecular complexity index is 1040. The van der Waals surface area contributed by atoms with E-state index in [1.54, 1.807) is 0 Å². The van der Waals surface area contributed by atoms with Gasteiger partial charge in [0.05, 0.1) is 9.40 Å². The van der Waals surface area contributed by atoms with Gasteiger partial charge in [-0.3, -0.25) is 9.59 Å². The topological polar surface area (TPSA) is 34.1 Å². The lowest BCUT2D eigenvalue weighted by Crippen LogP contribution is -2.24. The van der Waals surface area contributed by atoms with Crippen molar-refractivity contribution in [3.63, 3.8) is 0 Å². The van der Waals surface area contributed by atoms with Gasteiger partial charge in [0.15, 0.2) is 11.6 Å². The van der Waals surface area contributed by atoms with E-state index in [0.717, 1.165) is 36.8 Å². The summed E-state index contributed by atoms with van der Waals surface area (Å²) in [6, 6.07) is 0. The van der Waals surface area contributed by atoms with Gasteiger partial charge in [0.1, 0.15) is 0 Å². The van der Waals surface area contributed by atoms with E-state index in [-0.39, 0.29) is 11.8 Å². The Balaban J connectivity index is 1.44. The van der Waals surface area contributed by atoms with Gasteiger partial charge in [-0.15, -0.1) is 22.7 Å². The number of fused-ring (bicyclic) bond motifs is 11. The van der Waals surface area contributed by atoms with Crippen molar-refractivity contribution in [2.45, 2.75) is 121 Å². The second-order valence-corrected chi connectivity index (χ2v) is 13.5. The quantitative estimate of drug-likeness (QED) is 0.375. The van der Waals surface area contributed by atoms with E-state index in [1.165, 1.54) is 103 Å². The molecule has 4 heteroatoms. The van der Waals surface area contributed by atoms with Crippen LogP contribution in [0.2, 0.25) is 0 Å². The first kappa shape index (κ1) is 22.5. The van der Waals surface area contributed by atoms with Gasteiger partial charge < -0.3 is 0 Å². The maximum atomic E-state index is 13.8. The summed E-state index contributed by atoms with van der Waals surface area (Å²) in [5, 5.41) is 0. The third-order valence-electron chi connectivity index (χ3n) is 9.15. The molecule has 4 aliphatic carbocycles. The summed E-state index contributed by atoms with van der Waals surface area (Å²) in [4.78, 5) is 30.2. The van der Waals surface area contributed by atoms with Crippen molar-refractivity contribution in [2.24, 2.45) is 11.8 Å². The normalized spacial score (nSPS) is 31.5. The molecule has 4 bridgehead atoms. The van der Waals surface area contributed by atoms with Gasteiger partial charge in [-0.05, 0) is 50.4 Å². The summed E-state index contributed by atoms with van der Waals surface area (Å²) in [6.07, 6.45) is 21.0. The summed E-state index contributed by atoms with van der Waals surface area (Å²) in [5.74, 6) is 2.35. The highest BCUT2D eigenvalue weighted by molar-refractivity contribution is 7.29. The number of thiophene rings is 2. The highest BCUT2D eigenvalue weighted by Crippen LogP contribution is 2.55. The zero-order chi connectivity index (χ0) is 22.4. The van der Waals surface area contributed by atoms with E-state index in [2.05, 4.69) is 0 Å². The molecule has 4 atom stereocenters. The van der Waals surface area contributed by atoms with Crippen LogP contribution in [-0.4, -0.2) is 11.6 Å². The van der Waals surface area contributed by atoms with Crippen molar-refractivity contribution in [2.75, 3.05) is 0 Å². The van der Waals surface area contributed by atoms with Crippen molar-refractivity contribution in [3.05, 3.63) is 20.9 Å². The molecule has 178 valence electrons. The molecule has 2 aromatic heterocycles. The molecule has 2 saturated carbocycles. The standard InChI is InChI=1S/C29H38O2S2/c30-24-18-12-8-4-2-1-3-5-10-14-20(16-18)26-22(24)28-29(32-26)23-25(31)19-13-9-6-7-11-15-21(17-19)27(23)33-28/h18-21H,1-17H2. The average molecular weight is 483 g/mol. The van der Waals surface area contributed by atoms with E-state index < -0.39 is 0 Å². The molecule has 0 amide bonds. The molecular formula is C29H38O2S2.